The number of aliphatic hydroxyl groups is 1. The zero-order valence-corrected chi connectivity index (χ0v) is 18.5. The lowest BCUT2D eigenvalue weighted by Crippen LogP contribution is -2.57. The van der Waals surface area contributed by atoms with Gasteiger partial charge in [0.05, 0.1) is 26.0 Å². The van der Waals surface area contributed by atoms with Crippen molar-refractivity contribution in [3.05, 3.63) is 71.1 Å². The van der Waals surface area contributed by atoms with Crippen LogP contribution in [0.15, 0.2) is 42.5 Å². The predicted molar refractivity (Wildman–Crippen MR) is 120 cm³/mol. The maximum atomic E-state index is 14.7. The first-order valence-corrected chi connectivity index (χ1v) is 10.7. The molecule has 0 bridgehead atoms. The SMILES string of the molecule is Cc1ccc(-c2nc3n(n2)CCN(C(C)C(O)(CN(N)C=N)c2ccc(F)cc2F)C3)cc1. The maximum absolute atomic E-state index is 14.7. The molecule has 1 aromatic heterocycles. The topological polar surface area (TPSA) is 107 Å². The molecule has 10 heteroatoms. The Hall–Kier alpha value is -3.21. The van der Waals surface area contributed by atoms with E-state index in [1.807, 2.05) is 40.8 Å². The van der Waals surface area contributed by atoms with Crippen LogP contribution in [0.25, 0.3) is 11.4 Å². The van der Waals surface area contributed by atoms with Crippen LogP contribution in [0, 0.1) is 24.0 Å². The summed E-state index contributed by atoms with van der Waals surface area (Å²) < 4.78 is 30.1. The Labute approximate surface area is 190 Å². The molecule has 2 heterocycles. The molecule has 4 rings (SSSR count). The van der Waals surface area contributed by atoms with Crippen LogP contribution in [0.1, 0.15) is 23.9 Å². The molecule has 1 aliphatic heterocycles. The van der Waals surface area contributed by atoms with Gasteiger partial charge in [-0.15, -0.1) is 0 Å². The van der Waals surface area contributed by atoms with Crippen LogP contribution in [0.4, 0.5) is 8.78 Å². The van der Waals surface area contributed by atoms with Crippen LogP contribution in [0.3, 0.4) is 0 Å². The average molecular weight is 456 g/mol. The summed E-state index contributed by atoms with van der Waals surface area (Å²) in [6.07, 6.45) is 0.847. The van der Waals surface area contributed by atoms with Crippen molar-refractivity contribution in [3.8, 4) is 11.4 Å². The van der Waals surface area contributed by atoms with Crippen molar-refractivity contribution in [2.75, 3.05) is 13.1 Å². The van der Waals surface area contributed by atoms with E-state index in [1.54, 1.807) is 6.92 Å². The molecule has 0 radical (unpaired) electrons. The monoisotopic (exact) mass is 455 g/mol. The van der Waals surface area contributed by atoms with E-state index in [0.29, 0.717) is 25.5 Å². The van der Waals surface area contributed by atoms with Crippen LogP contribution in [0.2, 0.25) is 0 Å². The lowest BCUT2D eigenvalue weighted by molar-refractivity contribution is -0.0684. The molecule has 0 saturated heterocycles. The Kier molecular flexibility index (Phi) is 6.24. The minimum absolute atomic E-state index is 0.0823. The highest BCUT2D eigenvalue weighted by molar-refractivity contribution is 5.55. The molecule has 2 atom stereocenters. The van der Waals surface area contributed by atoms with Crippen molar-refractivity contribution in [3.63, 3.8) is 0 Å². The Morgan fingerprint density at radius 2 is 1.97 bits per heavy atom. The molecule has 0 amide bonds. The van der Waals surface area contributed by atoms with E-state index in [2.05, 4.69) is 10.1 Å². The number of hydrogen-bond acceptors (Lipinski definition) is 6. The molecular weight excluding hydrogens is 428 g/mol. The zero-order valence-electron chi connectivity index (χ0n) is 18.5. The number of hydrogen-bond donors (Lipinski definition) is 3. The fourth-order valence-corrected chi connectivity index (χ4v) is 4.22. The summed E-state index contributed by atoms with van der Waals surface area (Å²) in [6.45, 7) is 4.97. The van der Waals surface area contributed by atoms with E-state index < -0.39 is 23.3 Å². The van der Waals surface area contributed by atoms with Crippen LogP contribution in [-0.2, 0) is 18.7 Å². The first-order chi connectivity index (χ1) is 15.7. The highest BCUT2D eigenvalue weighted by atomic mass is 19.1. The fraction of sp³-hybridized carbons (Fsp3) is 0.348. The number of benzene rings is 2. The third kappa shape index (κ3) is 4.50. The van der Waals surface area contributed by atoms with Gasteiger partial charge in [-0.05, 0) is 19.9 Å². The molecule has 4 N–H and O–H groups in total. The van der Waals surface area contributed by atoms with Gasteiger partial charge < -0.3 is 5.11 Å². The van der Waals surface area contributed by atoms with Gasteiger partial charge in [0, 0.05) is 29.8 Å². The average Bonchev–Trinajstić information content (AvgIpc) is 3.22. The number of rotatable bonds is 7. The summed E-state index contributed by atoms with van der Waals surface area (Å²) in [4.78, 5) is 6.64. The van der Waals surface area contributed by atoms with Crippen LogP contribution in [-0.4, -0.2) is 55.2 Å². The van der Waals surface area contributed by atoms with Gasteiger partial charge in [-0.25, -0.2) is 24.3 Å². The van der Waals surface area contributed by atoms with Crippen LogP contribution in [0.5, 0.6) is 0 Å². The summed E-state index contributed by atoms with van der Waals surface area (Å²) in [5.74, 6) is 5.52. The highest BCUT2D eigenvalue weighted by Crippen LogP contribution is 2.33. The second-order valence-electron chi connectivity index (χ2n) is 8.44. The van der Waals surface area contributed by atoms with Gasteiger partial charge in [0.1, 0.15) is 23.1 Å². The highest BCUT2D eigenvalue weighted by Gasteiger charge is 2.43. The normalized spacial score (nSPS) is 16.7. The Morgan fingerprint density at radius 1 is 1.24 bits per heavy atom. The fourth-order valence-electron chi connectivity index (χ4n) is 4.22. The van der Waals surface area contributed by atoms with Crippen molar-refractivity contribution in [1.29, 1.82) is 5.41 Å². The number of nitrogens with two attached hydrogens (primary N) is 1. The molecular formula is C23H27F2N7O. The number of aromatic nitrogens is 3. The quantitative estimate of drug-likeness (QED) is 0.219. The molecule has 0 aliphatic carbocycles. The van der Waals surface area contributed by atoms with Gasteiger partial charge in [-0.3, -0.25) is 15.3 Å². The minimum atomic E-state index is -1.81. The smallest absolute Gasteiger partial charge is 0.181 e. The Morgan fingerprint density at radius 3 is 2.64 bits per heavy atom. The summed E-state index contributed by atoms with van der Waals surface area (Å²) in [5, 5.41) is 24.6. The zero-order chi connectivity index (χ0) is 23.8. The first kappa shape index (κ1) is 23.0. The summed E-state index contributed by atoms with van der Waals surface area (Å²) in [5.41, 5.74) is 0.165. The number of nitrogens with one attached hydrogen (secondary N) is 1. The van der Waals surface area contributed by atoms with Crippen LogP contribution < -0.4 is 5.84 Å². The lowest BCUT2D eigenvalue weighted by Gasteiger charge is -2.43. The first-order valence-electron chi connectivity index (χ1n) is 10.7. The molecule has 1 aliphatic rings. The molecule has 0 fully saturated rings. The summed E-state index contributed by atoms with van der Waals surface area (Å²) in [7, 11) is 0. The van der Waals surface area contributed by atoms with E-state index >= 15 is 0 Å². The molecule has 2 aromatic carbocycles. The number of halogens is 2. The Bertz CT molecular complexity index is 1150. The lowest BCUT2D eigenvalue weighted by atomic mass is 9.85. The number of fused-ring (bicyclic) bond motifs is 1. The predicted octanol–water partition coefficient (Wildman–Crippen LogP) is 2.41. The minimum Gasteiger partial charge on any atom is -0.381 e. The number of nitrogens with zero attached hydrogens (tertiary/aromatic N) is 5. The van der Waals surface area contributed by atoms with Crippen molar-refractivity contribution >= 4 is 6.34 Å². The van der Waals surface area contributed by atoms with E-state index in [-0.39, 0.29) is 12.1 Å². The summed E-state index contributed by atoms with van der Waals surface area (Å²) in [6, 6.07) is 10.4. The third-order valence-corrected chi connectivity index (χ3v) is 6.23. The molecule has 3 aromatic rings. The van der Waals surface area contributed by atoms with Crippen LogP contribution >= 0.6 is 0 Å². The second kappa shape index (κ2) is 8.97. The molecule has 0 spiro atoms. The number of aryl methyl sites for hydroxylation is 1. The van der Waals surface area contributed by atoms with E-state index in [0.717, 1.165) is 40.4 Å². The standard InChI is InChI=1S/C23H27F2N7O/c1-15-3-5-17(6-4-15)22-28-21-12-30(9-10-32(21)29-22)16(2)23(33,13-31(27)14-26)19-8-7-18(24)11-20(19)25/h3-8,11,14,16,26,33H,9-10,12-13,27H2,1-2H3. The largest absolute Gasteiger partial charge is 0.381 e. The van der Waals surface area contributed by atoms with Crippen molar-refractivity contribution < 1.29 is 13.9 Å². The summed E-state index contributed by atoms with van der Waals surface area (Å²) >= 11 is 0. The third-order valence-electron chi connectivity index (χ3n) is 6.23. The molecule has 2 unspecified atom stereocenters. The van der Waals surface area contributed by atoms with Crippen molar-refractivity contribution in [1.82, 2.24) is 24.7 Å². The molecule has 33 heavy (non-hydrogen) atoms. The van der Waals surface area contributed by atoms with Gasteiger partial charge >= 0.3 is 0 Å². The van der Waals surface area contributed by atoms with Gasteiger partial charge in [-0.1, -0.05) is 35.9 Å². The van der Waals surface area contributed by atoms with Crippen molar-refractivity contribution in [2.24, 2.45) is 5.84 Å². The maximum Gasteiger partial charge on any atom is 0.181 e. The van der Waals surface area contributed by atoms with E-state index in [1.165, 1.54) is 6.07 Å². The molecule has 174 valence electrons. The van der Waals surface area contributed by atoms with Gasteiger partial charge in [0.2, 0.25) is 0 Å². The molecule has 0 saturated carbocycles. The van der Waals surface area contributed by atoms with Gasteiger partial charge in [-0.2, -0.15) is 5.10 Å². The van der Waals surface area contributed by atoms with Crippen molar-refractivity contribution in [2.45, 2.75) is 38.6 Å². The Balaban J connectivity index is 1.63. The van der Waals surface area contributed by atoms with Gasteiger partial charge in [0.15, 0.2) is 5.82 Å². The van der Waals surface area contributed by atoms with Gasteiger partial charge in [0.25, 0.3) is 0 Å². The molecule has 8 nitrogen and oxygen atoms in total. The second-order valence-corrected chi connectivity index (χ2v) is 8.44. The number of hydrazine groups is 1. The van der Waals surface area contributed by atoms with E-state index in [9.17, 15) is 13.9 Å². The van der Waals surface area contributed by atoms with E-state index in [4.69, 9.17) is 11.3 Å².